The fourth-order valence-corrected chi connectivity index (χ4v) is 4.51. The van der Waals surface area contributed by atoms with Crippen molar-refractivity contribution >= 4 is 5.91 Å². The predicted molar refractivity (Wildman–Crippen MR) is 108 cm³/mol. The molecule has 2 aliphatic rings. The summed E-state index contributed by atoms with van der Waals surface area (Å²) >= 11 is 0. The summed E-state index contributed by atoms with van der Waals surface area (Å²) in [6, 6.07) is 10.5. The normalized spacial score (nSPS) is 17.0. The highest BCUT2D eigenvalue weighted by molar-refractivity contribution is 5.94. The fraction of sp³-hybridized carbons (Fsp3) is 0.364. The van der Waals surface area contributed by atoms with Gasteiger partial charge in [0.05, 0.1) is 17.9 Å². The van der Waals surface area contributed by atoms with Crippen molar-refractivity contribution in [1.82, 2.24) is 24.6 Å². The zero-order valence-electron chi connectivity index (χ0n) is 16.4. The summed E-state index contributed by atoms with van der Waals surface area (Å²) in [4.78, 5) is 15.0. The first kappa shape index (κ1) is 18.1. The largest absolute Gasteiger partial charge is 0.340 e. The van der Waals surface area contributed by atoms with Crippen molar-refractivity contribution in [2.75, 3.05) is 13.1 Å². The molecule has 0 atom stereocenters. The average molecular weight is 393 g/mol. The van der Waals surface area contributed by atoms with E-state index < -0.39 is 0 Å². The van der Waals surface area contributed by atoms with Crippen LogP contribution in [0.15, 0.2) is 42.6 Å². The third-order valence-corrected chi connectivity index (χ3v) is 6.17. The molecule has 0 saturated carbocycles. The van der Waals surface area contributed by atoms with Gasteiger partial charge in [-0.1, -0.05) is 0 Å². The summed E-state index contributed by atoms with van der Waals surface area (Å²) in [7, 11) is 1.89. The molecule has 5 rings (SSSR count). The Morgan fingerprint density at radius 1 is 1.10 bits per heavy atom. The molecule has 3 aromatic rings. The maximum Gasteiger partial charge on any atom is 0.270 e. The lowest BCUT2D eigenvalue weighted by Gasteiger charge is -2.32. The first-order chi connectivity index (χ1) is 14.1. The zero-order chi connectivity index (χ0) is 20.0. The second-order valence-electron chi connectivity index (χ2n) is 7.86. The molecule has 4 heterocycles. The molecule has 1 amide bonds. The van der Waals surface area contributed by atoms with Crippen molar-refractivity contribution in [3.63, 3.8) is 0 Å². The Hall–Kier alpha value is -2.93. The topological polar surface area (TPSA) is 55.1 Å². The van der Waals surface area contributed by atoms with Crippen molar-refractivity contribution in [1.29, 1.82) is 0 Å². The molecule has 7 heteroatoms. The van der Waals surface area contributed by atoms with Gasteiger partial charge in [-0.3, -0.25) is 9.48 Å². The van der Waals surface area contributed by atoms with E-state index in [1.165, 1.54) is 23.4 Å². The number of carbonyl (C=O) groups is 1. The fourth-order valence-electron chi connectivity index (χ4n) is 4.51. The Kier molecular flexibility index (Phi) is 4.47. The predicted octanol–water partition coefficient (Wildman–Crippen LogP) is 3.11. The molecule has 0 bridgehead atoms. The van der Waals surface area contributed by atoms with E-state index in [9.17, 15) is 9.18 Å². The number of nitrogens with one attached hydrogen (secondary N) is 1. The summed E-state index contributed by atoms with van der Waals surface area (Å²) in [5.74, 6) is -0.215. The lowest BCUT2D eigenvalue weighted by atomic mass is 10.0. The van der Waals surface area contributed by atoms with Crippen LogP contribution in [-0.4, -0.2) is 38.2 Å². The molecule has 0 spiro atoms. The Morgan fingerprint density at radius 3 is 2.62 bits per heavy atom. The highest BCUT2D eigenvalue weighted by Crippen LogP contribution is 2.28. The Bertz CT molecular complexity index is 1040. The van der Waals surface area contributed by atoms with Crippen LogP contribution >= 0.6 is 0 Å². The van der Waals surface area contributed by atoms with Crippen LogP contribution in [0.4, 0.5) is 4.39 Å². The number of carbonyl (C=O) groups excluding carboxylic acids is 1. The van der Waals surface area contributed by atoms with Gasteiger partial charge in [0.15, 0.2) is 0 Å². The maximum absolute atomic E-state index is 13.2. The summed E-state index contributed by atoms with van der Waals surface area (Å²) in [6.07, 6.45) is 3.79. The SMILES string of the molecule is Cn1c(C(=O)N2CCC(n3ncc4c3CNC4)CC2)ccc1-c1ccc(F)cc1. The van der Waals surface area contributed by atoms with E-state index in [4.69, 9.17) is 0 Å². The van der Waals surface area contributed by atoms with Gasteiger partial charge in [0.25, 0.3) is 5.91 Å². The second-order valence-corrected chi connectivity index (χ2v) is 7.86. The van der Waals surface area contributed by atoms with Crippen molar-refractivity contribution in [2.24, 2.45) is 7.05 Å². The van der Waals surface area contributed by atoms with Crippen LogP contribution in [0.25, 0.3) is 11.3 Å². The van der Waals surface area contributed by atoms with Crippen molar-refractivity contribution in [3.8, 4) is 11.3 Å². The average Bonchev–Trinajstić information content (AvgIpc) is 3.44. The first-order valence-corrected chi connectivity index (χ1v) is 10.1. The Morgan fingerprint density at radius 2 is 1.86 bits per heavy atom. The number of aromatic nitrogens is 3. The minimum absolute atomic E-state index is 0.0478. The molecule has 1 N–H and O–H groups in total. The van der Waals surface area contributed by atoms with E-state index >= 15 is 0 Å². The standard InChI is InChI=1S/C22H24FN5O/c1-26-19(15-2-4-17(23)5-3-15)6-7-20(26)22(29)27-10-8-18(9-11-27)28-21-14-24-12-16(21)13-25-28/h2-7,13,18,24H,8-12,14H2,1H3. The number of fused-ring (bicyclic) bond motifs is 1. The van der Waals surface area contributed by atoms with Gasteiger partial charge in [0, 0.05) is 44.5 Å². The van der Waals surface area contributed by atoms with Gasteiger partial charge in [-0.2, -0.15) is 5.10 Å². The number of hydrogen-bond acceptors (Lipinski definition) is 3. The van der Waals surface area contributed by atoms with Gasteiger partial charge in [-0.05, 0) is 54.8 Å². The lowest BCUT2D eigenvalue weighted by Crippen LogP contribution is -2.40. The van der Waals surface area contributed by atoms with Gasteiger partial charge in [0.1, 0.15) is 11.5 Å². The Balaban J connectivity index is 1.29. The van der Waals surface area contributed by atoms with Crippen molar-refractivity contribution < 1.29 is 9.18 Å². The zero-order valence-corrected chi connectivity index (χ0v) is 16.4. The molecule has 2 aliphatic heterocycles. The van der Waals surface area contributed by atoms with Gasteiger partial charge in [-0.15, -0.1) is 0 Å². The van der Waals surface area contributed by atoms with Crippen LogP contribution in [0.2, 0.25) is 0 Å². The molecule has 0 radical (unpaired) electrons. The van der Waals surface area contributed by atoms with E-state index in [1.54, 1.807) is 12.1 Å². The third kappa shape index (κ3) is 3.15. The number of halogens is 1. The highest BCUT2D eigenvalue weighted by atomic mass is 19.1. The van der Waals surface area contributed by atoms with Crippen molar-refractivity contribution in [2.45, 2.75) is 32.0 Å². The number of amides is 1. The molecule has 150 valence electrons. The molecule has 1 saturated heterocycles. The molecule has 0 aliphatic carbocycles. The lowest BCUT2D eigenvalue weighted by molar-refractivity contribution is 0.0679. The quantitative estimate of drug-likeness (QED) is 0.744. The van der Waals surface area contributed by atoms with Crippen molar-refractivity contribution in [3.05, 3.63) is 65.4 Å². The number of piperidine rings is 1. The second kappa shape index (κ2) is 7.15. The summed E-state index contributed by atoms with van der Waals surface area (Å²) in [5, 5.41) is 7.96. The maximum atomic E-state index is 13.2. The molecular weight excluding hydrogens is 369 g/mol. The van der Waals surface area contributed by atoms with Gasteiger partial charge in [0.2, 0.25) is 0 Å². The summed E-state index contributed by atoms with van der Waals surface area (Å²) < 4.78 is 17.3. The first-order valence-electron chi connectivity index (χ1n) is 10.1. The van der Waals surface area contributed by atoms with E-state index in [2.05, 4.69) is 15.1 Å². The Labute approximate surface area is 168 Å². The van der Waals surface area contributed by atoms with Crippen LogP contribution in [0.1, 0.15) is 40.6 Å². The smallest absolute Gasteiger partial charge is 0.270 e. The van der Waals surface area contributed by atoms with Crippen LogP contribution < -0.4 is 5.32 Å². The van der Waals surface area contributed by atoms with Crippen LogP contribution in [0, 0.1) is 5.82 Å². The van der Waals surface area contributed by atoms with E-state index in [1.807, 2.05) is 34.8 Å². The molecule has 1 aromatic carbocycles. The molecule has 0 unspecified atom stereocenters. The molecule has 29 heavy (non-hydrogen) atoms. The summed E-state index contributed by atoms with van der Waals surface area (Å²) in [6.45, 7) is 3.23. The monoisotopic (exact) mass is 393 g/mol. The van der Waals surface area contributed by atoms with E-state index in [0.717, 1.165) is 50.3 Å². The number of nitrogens with zero attached hydrogens (tertiary/aromatic N) is 4. The molecular formula is C22H24FN5O. The van der Waals surface area contributed by atoms with Gasteiger partial charge >= 0.3 is 0 Å². The summed E-state index contributed by atoms with van der Waals surface area (Å²) in [5.41, 5.74) is 5.05. The van der Waals surface area contributed by atoms with Crippen LogP contribution in [0.5, 0.6) is 0 Å². The molecule has 6 nitrogen and oxygen atoms in total. The number of likely N-dealkylation sites (tertiary alicyclic amines) is 1. The van der Waals surface area contributed by atoms with Crippen LogP contribution in [-0.2, 0) is 20.1 Å². The number of hydrogen-bond donors (Lipinski definition) is 1. The van der Waals surface area contributed by atoms with Gasteiger partial charge < -0.3 is 14.8 Å². The minimum atomic E-state index is -0.263. The van der Waals surface area contributed by atoms with Gasteiger partial charge in [-0.25, -0.2) is 4.39 Å². The number of rotatable bonds is 3. The third-order valence-electron chi connectivity index (χ3n) is 6.17. The van der Waals surface area contributed by atoms with E-state index in [0.29, 0.717) is 11.7 Å². The number of benzene rings is 1. The van der Waals surface area contributed by atoms with Crippen LogP contribution in [0.3, 0.4) is 0 Å². The van der Waals surface area contributed by atoms with E-state index in [-0.39, 0.29) is 11.7 Å². The highest BCUT2D eigenvalue weighted by Gasteiger charge is 2.29. The minimum Gasteiger partial charge on any atom is -0.340 e. The molecule has 1 fully saturated rings. The molecule has 2 aromatic heterocycles.